The molecule has 1 heterocycles. The van der Waals surface area contributed by atoms with E-state index in [1.54, 1.807) is 18.3 Å². The number of carbonyl (C=O) groups is 2. The molecule has 0 fully saturated rings. The zero-order valence-corrected chi connectivity index (χ0v) is 11.7. The van der Waals surface area contributed by atoms with Crippen molar-refractivity contribution in [3.05, 3.63) is 35.2 Å². The number of hydrogen-bond acceptors (Lipinski definition) is 4. The lowest BCUT2D eigenvalue weighted by molar-refractivity contribution is -0.144. The Morgan fingerprint density at radius 2 is 2.05 bits per heavy atom. The van der Waals surface area contributed by atoms with Crippen molar-refractivity contribution >= 4 is 33.2 Å². The topological polar surface area (TPSA) is 43.4 Å². The number of ketones is 1. The third kappa shape index (κ3) is 3.64. The first-order valence-corrected chi connectivity index (χ1v) is 7.21. The van der Waals surface area contributed by atoms with Crippen LogP contribution in [0.2, 0.25) is 0 Å². The van der Waals surface area contributed by atoms with Gasteiger partial charge in [0.1, 0.15) is 5.78 Å². The molecule has 0 unspecified atom stereocenters. The number of benzene rings is 1. The van der Waals surface area contributed by atoms with Crippen LogP contribution in [0.1, 0.15) is 25.3 Å². The second kappa shape index (κ2) is 6.48. The predicted molar refractivity (Wildman–Crippen MR) is 76.4 cm³/mol. The van der Waals surface area contributed by atoms with E-state index >= 15 is 0 Å². The van der Waals surface area contributed by atoms with Crippen molar-refractivity contribution in [1.82, 2.24) is 0 Å². The summed E-state index contributed by atoms with van der Waals surface area (Å²) in [5, 5.41) is 3.19. The monoisotopic (exact) mass is 276 g/mol. The Morgan fingerprint density at radius 3 is 2.84 bits per heavy atom. The highest BCUT2D eigenvalue weighted by molar-refractivity contribution is 7.17. The number of esters is 1. The van der Waals surface area contributed by atoms with E-state index in [1.165, 1.54) is 5.39 Å². The summed E-state index contributed by atoms with van der Waals surface area (Å²) in [6, 6.07) is 8.02. The van der Waals surface area contributed by atoms with Crippen molar-refractivity contribution < 1.29 is 14.3 Å². The highest BCUT2D eigenvalue weighted by atomic mass is 32.1. The normalized spacial score (nSPS) is 10.6. The van der Waals surface area contributed by atoms with Crippen LogP contribution in [-0.2, 0) is 20.7 Å². The summed E-state index contributed by atoms with van der Waals surface area (Å²) in [6.45, 7) is 2.12. The van der Waals surface area contributed by atoms with Crippen molar-refractivity contribution in [1.29, 1.82) is 0 Å². The fourth-order valence-electron chi connectivity index (χ4n) is 1.97. The van der Waals surface area contributed by atoms with Crippen LogP contribution in [0.25, 0.3) is 10.1 Å². The molecule has 0 radical (unpaired) electrons. The van der Waals surface area contributed by atoms with Crippen molar-refractivity contribution in [3.63, 3.8) is 0 Å². The molecule has 0 spiro atoms. The van der Waals surface area contributed by atoms with Gasteiger partial charge in [-0.15, -0.1) is 11.3 Å². The van der Waals surface area contributed by atoms with E-state index < -0.39 is 0 Å². The van der Waals surface area contributed by atoms with Crippen LogP contribution in [0.4, 0.5) is 0 Å². The molecular formula is C15H16O3S. The molecule has 1 aromatic heterocycles. The summed E-state index contributed by atoms with van der Waals surface area (Å²) in [5.74, 6) is -0.223. The Kier molecular flexibility index (Phi) is 4.68. The number of hydrogen-bond donors (Lipinski definition) is 0. The first-order valence-electron chi connectivity index (χ1n) is 6.33. The largest absolute Gasteiger partial charge is 0.466 e. The first-order chi connectivity index (χ1) is 9.20. The molecule has 0 saturated carbocycles. The van der Waals surface area contributed by atoms with Gasteiger partial charge in [0, 0.05) is 17.5 Å². The molecule has 2 rings (SSSR count). The highest BCUT2D eigenvalue weighted by Crippen LogP contribution is 2.25. The maximum atomic E-state index is 11.9. The van der Waals surface area contributed by atoms with Gasteiger partial charge in [0.25, 0.3) is 0 Å². The summed E-state index contributed by atoms with van der Waals surface area (Å²) < 4.78 is 5.97. The minimum atomic E-state index is -0.301. The Hall–Kier alpha value is -1.68. The van der Waals surface area contributed by atoms with Crippen LogP contribution in [-0.4, -0.2) is 18.4 Å². The van der Waals surface area contributed by atoms with E-state index in [1.807, 2.05) is 29.6 Å². The second-order valence-electron chi connectivity index (χ2n) is 4.28. The predicted octanol–water partition coefficient (Wildman–Crippen LogP) is 3.36. The molecule has 100 valence electrons. The smallest absolute Gasteiger partial charge is 0.306 e. The van der Waals surface area contributed by atoms with Gasteiger partial charge < -0.3 is 4.74 Å². The minimum Gasteiger partial charge on any atom is -0.466 e. The number of rotatable bonds is 6. The van der Waals surface area contributed by atoms with Gasteiger partial charge in [0.05, 0.1) is 13.0 Å². The van der Waals surface area contributed by atoms with Gasteiger partial charge >= 0.3 is 5.97 Å². The molecule has 0 atom stereocenters. The maximum Gasteiger partial charge on any atom is 0.306 e. The van der Waals surface area contributed by atoms with Crippen LogP contribution >= 0.6 is 11.3 Å². The average Bonchev–Trinajstić information content (AvgIpc) is 2.86. The van der Waals surface area contributed by atoms with Crippen LogP contribution in [0, 0.1) is 0 Å². The fraction of sp³-hybridized carbons (Fsp3) is 0.333. The van der Waals surface area contributed by atoms with Crippen molar-refractivity contribution in [2.75, 3.05) is 6.61 Å². The first kappa shape index (κ1) is 13.7. The third-order valence-electron chi connectivity index (χ3n) is 2.86. The molecule has 2 aromatic rings. The maximum absolute atomic E-state index is 11.9. The summed E-state index contributed by atoms with van der Waals surface area (Å²) in [7, 11) is 0. The molecule has 0 aliphatic carbocycles. The van der Waals surface area contributed by atoms with E-state index in [4.69, 9.17) is 4.74 Å². The van der Waals surface area contributed by atoms with Gasteiger partial charge in [0.15, 0.2) is 0 Å². The Bertz CT molecular complexity index is 586. The highest BCUT2D eigenvalue weighted by Gasteiger charge is 2.10. The molecular weight excluding hydrogens is 260 g/mol. The molecule has 3 nitrogen and oxygen atoms in total. The Balaban J connectivity index is 1.95. The van der Waals surface area contributed by atoms with Crippen LogP contribution < -0.4 is 0 Å². The zero-order chi connectivity index (χ0) is 13.7. The summed E-state index contributed by atoms with van der Waals surface area (Å²) in [4.78, 5) is 23.1. The quantitative estimate of drug-likeness (QED) is 0.760. The second-order valence-corrected chi connectivity index (χ2v) is 5.19. The molecule has 0 aliphatic rings. The number of ether oxygens (including phenoxy) is 1. The van der Waals surface area contributed by atoms with Crippen molar-refractivity contribution in [2.45, 2.75) is 26.2 Å². The molecule has 0 bridgehead atoms. The number of carbonyl (C=O) groups excluding carboxylic acids is 2. The third-order valence-corrected chi connectivity index (χ3v) is 3.87. The lowest BCUT2D eigenvalue weighted by Crippen LogP contribution is -2.09. The summed E-state index contributed by atoms with van der Waals surface area (Å²) >= 11 is 1.64. The van der Waals surface area contributed by atoms with Gasteiger partial charge in [-0.1, -0.05) is 18.2 Å². The zero-order valence-electron chi connectivity index (χ0n) is 10.8. The van der Waals surface area contributed by atoms with Gasteiger partial charge in [0.2, 0.25) is 0 Å². The van der Waals surface area contributed by atoms with Crippen LogP contribution in [0.5, 0.6) is 0 Å². The number of thiophene rings is 1. The lowest BCUT2D eigenvalue weighted by Gasteiger charge is -2.03. The number of fused-ring (bicyclic) bond motifs is 1. The molecule has 19 heavy (non-hydrogen) atoms. The van der Waals surface area contributed by atoms with E-state index in [9.17, 15) is 9.59 Å². The van der Waals surface area contributed by atoms with Crippen LogP contribution in [0.15, 0.2) is 29.6 Å². The van der Waals surface area contributed by atoms with E-state index in [0.717, 1.165) is 10.3 Å². The molecule has 1 aromatic carbocycles. The van der Waals surface area contributed by atoms with Gasteiger partial charge in [-0.2, -0.15) is 0 Å². The average molecular weight is 276 g/mol. The minimum absolute atomic E-state index is 0.0777. The Morgan fingerprint density at radius 1 is 1.21 bits per heavy atom. The lowest BCUT2D eigenvalue weighted by atomic mass is 10.0. The van der Waals surface area contributed by atoms with Crippen molar-refractivity contribution in [3.8, 4) is 0 Å². The van der Waals surface area contributed by atoms with Crippen LogP contribution in [0.3, 0.4) is 0 Å². The summed E-state index contributed by atoms with van der Waals surface area (Å²) in [6.07, 6.45) is 0.810. The fourth-order valence-corrected chi connectivity index (χ4v) is 2.88. The molecule has 4 heteroatoms. The molecule has 0 saturated heterocycles. The molecule has 0 amide bonds. The Labute approximate surface area is 116 Å². The van der Waals surface area contributed by atoms with Crippen molar-refractivity contribution in [2.24, 2.45) is 0 Å². The molecule has 0 aliphatic heterocycles. The summed E-state index contributed by atoms with van der Waals surface area (Å²) in [5.41, 5.74) is 1.04. The van der Waals surface area contributed by atoms with E-state index in [0.29, 0.717) is 13.0 Å². The standard InChI is InChI=1S/C15H16O3S/c1-2-18-14(17)7-6-13(16)10-12-5-3-4-11-8-9-19-15(11)12/h3-5,8-9H,2,6-7,10H2,1H3. The SMILES string of the molecule is CCOC(=O)CCC(=O)Cc1cccc2ccsc12. The van der Waals surface area contributed by atoms with E-state index in [-0.39, 0.29) is 24.6 Å². The van der Waals surface area contributed by atoms with Gasteiger partial charge in [-0.25, -0.2) is 0 Å². The van der Waals surface area contributed by atoms with Gasteiger partial charge in [-0.05, 0) is 29.3 Å². The molecule has 0 N–H and O–H groups in total. The number of Topliss-reactive ketones (excluding diaryl/α,β-unsaturated/α-hetero) is 1. The van der Waals surface area contributed by atoms with Gasteiger partial charge in [-0.3, -0.25) is 9.59 Å². The van der Waals surface area contributed by atoms with E-state index in [2.05, 4.69) is 0 Å².